The number of benzene rings is 4. The van der Waals surface area contributed by atoms with Crippen molar-refractivity contribution in [1.29, 1.82) is 0 Å². The van der Waals surface area contributed by atoms with Gasteiger partial charge in [0, 0.05) is 22.8 Å². The van der Waals surface area contributed by atoms with E-state index in [4.69, 9.17) is 0 Å². The molecular formula is C26H19O2S+. The fraction of sp³-hybridized carbons (Fsp3) is 0.0385. The van der Waals surface area contributed by atoms with Crippen LogP contribution in [-0.2, 0) is 10.9 Å². The van der Waals surface area contributed by atoms with Gasteiger partial charge in [-0.2, -0.15) is 0 Å². The quantitative estimate of drug-likeness (QED) is 0.471. The molecule has 0 fully saturated rings. The van der Waals surface area contributed by atoms with Crippen LogP contribution < -0.4 is 0 Å². The molecule has 2 nitrogen and oxygen atoms in total. The molecule has 29 heavy (non-hydrogen) atoms. The minimum atomic E-state index is -0.796. The van der Waals surface area contributed by atoms with Gasteiger partial charge in [-0.25, -0.2) is 0 Å². The zero-order valence-corrected chi connectivity index (χ0v) is 16.5. The molecule has 1 atom stereocenters. The summed E-state index contributed by atoms with van der Waals surface area (Å²) in [5, 5.41) is 11.0. The monoisotopic (exact) mass is 395 g/mol. The Morgan fingerprint density at radius 2 is 1.14 bits per heavy atom. The lowest BCUT2D eigenvalue weighted by Crippen LogP contribution is -2.20. The molecule has 1 aliphatic rings. The number of fused-ring (bicyclic) bond motifs is 2. The molecule has 4 aromatic rings. The van der Waals surface area contributed by atoms with Gasteiger partial charge in [0.1, 0.15) is 6.10 Å². The van der Waals surface area contributed by atoms with Gasteiger partial charge in [0.2, 0.25) is 0 Å². The molecule has 0 spiro atoms. The van der Waals surface area contributed by atoms with Crippen LogP contribution in [0.2, 0.25) is 0 Å². The van der Waals surface area contributed by atoms with E-state index in [0.717, 1.165) is 4.90 Å². The lowest BCUT2D eigenvalue weighted by Gasteiger charge is -2.24. The molecule has 1 N–H and O–H groups in total. The Kier molecular flexibility index (Phi) is 4.55. The van der Waals surface area contributed by atoms with Gasteiger partial charge in [0.15, 0.2) is 20.5 Å². The molecule has 0 heterocycles. The van der Waals surface area contributed by atoms with Crippen LogP contribution in [0.15, 0.2) is 118 Å². The van der Waals surface area contributed by atoms with Crippen LogP contribution in [0, 0.1) is 0 Å². The highest BCUT2D eigenvalue weighted by Gasteiger charge is 2.34. The molecule has 0 aromatic heterocycles. The number of aliphatic hydroxyl groups is 1. The molecule has 0 saturated heterocycles. The number of aliphatic hydroxyl groups excluding tert-OH is 1. The number of hydrogen-bond acceptors (Lipinski definition) is 2. The summed E-state index contributed by atoms with van der Waals surface area (Å²) in [5.74, 6) is -0.0215. The second-order valence-corrected chi connectivity index (χ2v) is 9.03. The average Bonchev–Trinajstić information content (AvgIpc) is 2.79. The van der Waals surface area contributed by atoms with E-state index in [1.165, 1.54) is 9.79 Å². The normalized spacial score (nSPS) is 15.1. The fourth-order valence-corrected chi connectivity index (χ4v) is 6.00. The topological polar surface area (TPSA) is 37.3 Å². The minimum absolute atomic E-state index is 0.0215. The predicted octanol–water partition coefficient (Wildman–Crippen LogP) is 5.41. The van der Waals surface area contributed by atoms with Crippen LogP contribution in [0.3, 0.4) is 0 Å². The molecular weight excluding hydrogens is 376 g/mol. The van der Waals surface area contributed by atoms with E-state index in [9.17, 15) is 9.90 Å². The highest BCUT2D eigenvalue weighted by molar-refractivity contribution is 7.97. The first-order valence-corrected chi connectivity index (χ1v) is 10.8. The first kappa shape index (κ1) is 17.9. The molecule has 0 saturated carbocycles. The predicted molar refractivity (Wildman–Crippen MR) is 115 cm³/mol. The third-order valence-corrected chi connectivity index (χ3v) is 7.47. The van der Waals surface area contributed by atoms with E-state index < -0.39 is 6.10 Å². The lowest BCUT2D eigenvalue weighted by atomic mass is 9.83. The van der Waals surface area contributed by atoms with Gasteiger partial charge >= 0.3 is 0 Å². The van der Waals surface area contributed by atoms with E-state index in [-0.39, 0.29) is 16.7 Å². The Morgan fingerprint density at radius 3 is 1.79 bits per heavy atom. The van der Waals surface area contributed by atoms with Crippen molar-refractivity contribution in [2.45, 2.75) is 20.8 Å². The summed E-state index contributed by atoms with van der Waals surface area (Å²) in [5.41, 5.74) is 2.55. The summed E-state index contributed by atoms with van der Waals surface area (Å²) in [6, 6.07) is 34.0. The smallest absolute Gasteiger partial charge is 0.193 e. The first-order chi connectivity index (χ1) is 14.2. The van der Waals surface area contributed by atoms with Crippen LogP contribution in [0.25, 0.3) is 0 Å². The fourth-order valence-electron chi connectivity index (χ4n) is 3.88. The molecule has 1 aliphatic carbocycles. The van der Waals surface area contributed by atoms with E-state index in [1.807, 2.05) is 72.8 Å². The Bertz CT molecular complexity index is 1150. The maximum Gasteiger partial charge on any atom is 0.193 e. The molecule has 4 aromatic carbocycles. The van der Waals surface area contributed by atoms with Crippen LogP contribution in [0.5, 0.6) is 0 Å². The summed E-state index contributed by atoms with van der Waals surface area (Å²) in [4.78, 5) is 16.5. The molecule has 0 bridgehead atoms. The maximum atomic E-state index is 13.0. The van der Waals surface area contributed by atoms with Crippen LogP contribution in [0.4, 0.5) is 0 Å². The summed E-state index contributed by atoms with van der Waals surface area (Å²) < 4.78 is 0. The molecule has 1 unspecified atom stereocenters. The number of carbonyl (C=O) groups is 1. The van der Waals surface area contributed by atoms with Gasteiger partial charge in [0.25, 0.3) is 0 Å². The van der Waals surface area contributed by atoms with Crippen molar-refractivity contribution in [3.8, 4) is 0 Å². The summed E-state index contributed by atoms with van der Waals surface area (Å²) in [7, 11) is -0.319. The van der Waals surface area contributed by atoms with Crippen LogP contribution >= 0.6 is 0 Å². The van der Waals surface area contributed by atoms with Crippen molar-refractivity contribution in [2.75, 3.05) is 0 Å². The largest absolute Gasteiger partial charge is 0.384 e. The molecule has 3 heteroatoms. The van der Waals surface area contributed by atoms with Crippen molar-refractivity contribution in [3.05, 3.63) is 125 Å². The highest BCUT2D eigenvalue weighted by Crippen LogP contribution is 2.38. The van der Waals surface area contributed by atoms with Crippen LogP contribution in [0.1, 0.15) is 33.2 Å². The first-order valence-electron chi connectivity index (χ1n) is 9.54. The third kappa shape index (κ3) is 3.09. The molecule has 0 aliphatic heterocycles. The number of hydrogen-bond donors (Lipinski definition) is 1. The second-order valence-electron chi connectivity index (χ2n) is 7.00. The Labute approximate surface area is 172 Å². The standard InChI is InChI=1S/C26H19O2S/c27-25-21-13-7-8-14-22(21)26(28)24-17-20(15-16-23(24)25)29(18-9-3-1-4-10-18)19-11-5-2-6-12-19/h1-17,26,28H/q+1. The highest BCUT2D eigenvalue weighted by atomic mass is 32.2. The van der Waals surface area contributed by atoms with Crippen molar-refractivity contribution < 1.29 is 9.90 Å². The Hall–Kier alpha value is -3.14. The van der Waals surface area contributed by atoms with Gasteiger partial charge in [-0.1, -0.05) is 60.7 Å². The zero-order valence-electron chi connectivity index (χ0n) is 15.7. The number of carbonyl (C=O) groups excluding carboxylic acids is 1. The van der Waals surface area contributed by atoms with Crippen molar-refractivity contribution in [1.82, 2.24) is 0 Å². The van der Waals surface area contributed by atoms with Gasteiger partial charge in [-0.15, -0.1) is 0 Å². The number of rotatable bonds is 3. The van der Waals surface area contributed by atoms with Crippen molar-refractivity contribution >= 4 is 16.7 Å². The van der Waals surface area contributed by atoms with E-state index in [0.29, 0.717) is 22.3 Å². The van der Waals surface area contributed by atoms with E-state index in [2.05, 4.69) is 24.3 Å². The molecule has 0 radical (unpaired) electrons. The average molecular weight is 396 g/mol. The summed E-state index contributed by atoms with van der Waals surface area (Å²) in [6.45, 7) is 0. The zero-order chi connectivity index (χ0) is 19.8. The summed E-state index contributed by atoms with van der Waals surface area (Å²) >= 11 is 0. The minimum Gasteiger partial charge on any atom is -0.384 e. The molecule has 0 amide bonds. The van der Waals surface area contributed by atoms with Gasteiger partial charge in [-0.3, -0.25) is 4.79 Å². The summed E-state index contributed by atoms with van der Waals surface area (Å²) in [6.07, 6.45) is -0.796. The Balaban J connectivity index is 1.67. The van der Waals surface area contributed by atoms with E-state index in [1.54, 1.807) is 6.07 Å². The van der Waals surface area contributed by atoms with Gasteiger partial charge in [-0.05, 0) is 42.0 Å². The van der Waals surface area contributed by atoms with Crippen molar-refractivity contribution in [2.24, 2.45) is 0 Å². The number of ketones is 1. The van der Waals surface area contributed by atoms with Crippen molar-refractivity contribution in [3.63, 3.8) is 0 Å². The second kappa shape index (κ2) is 7.36. The van der Waals surface area contributed by atoms with E-state index >= 15 is 0 Å². The lowest BCUT2D eigenvalue weighted by molar-refractivity contribution is 0.101. The van der Waals surface area contributed by atoms with Gasteiger partial charge in [0.05, 0.1) is 10.9 Å². The Morgan fingerprint density at radius 1 is 0.586 bits per heavy atom. The maximum absolute atomic E-state index is 13.0. The molecule has 140 valence electrons. The molecule has 5 rings (SSSR count). The van der Waals surface area contributed by atoms with Gasteiger partial charge < -0.3 is 5.11 Å². The third-order valence-electron chi connectivity index (χ3n) is 5.26. The SMILES string of the molecule is O=C1c2ccccc2C(O)c2cc([S+](c3ccccc3)c3ccccc3)ccc21. The van der Waals surface area contributed by atoms with Crippen LogP contribution in [-0.4, -0.2) is 10.9 Å².